The summed E-state index contributed by atoms with van der Waals surface area (Å²) >= 11 is 7.26. The number of nitrogens with one attached hydrogen (secondary N) is 1. The zero-order valence-electron chi connectivity index (χ0n) is 14.8. The monoisotopic (exact) mass is 399 g/mol. The second-order valence-corrected chi connectivity index (χ2v) is 7.72. The third-order valence-electron chi connectivity index (χ3n) is 5.04. The number of ether oxygens (including phenoxy) is 1. The summed E-state index contributed by atoms with van der Waals surface area (Å²) in [7, 11) is 0. The predicted octanol–water partition coefficient (Wildman–Crippen LogP) is 4.54. The normalized spacial score (nSPS) is 18.1. The van der Waals surface area contributed by atoms with E-state index in [1.807, 2.05) is 6.26 Å². The number of Topliss-reactive ketones (excluding diaryl/α,β-unsaturated/α-hetero) is 1. The number of hydrogen-bond acceptors (Lipinski definition) is 6. The Morgan fingerprint density at radius 2 is 1.85 bits per heavy atom. The zero-order chi connectivity index (χ0) is 19.4. The highest BCUT2D eigenvalue weighted by Gasteiger charge is 2.48. The number of rotatable bonds is 5. The van der Waals surface area contributed by atoms with Crippen LogP contribution < -0.4 is 5.32 Å². The first kappa shape index (κ1) is 19.4. The third-order valence-corrected chi connectivity index (χ3v) is 6.00. The molecule has 0 atom stereocenters. The van der Waals surface area contributed by atoms with Gasteiger partial charge in [0.2, 0.25) is 5.88 Å². The molecule has 0 bridgehead atoms. The van der Waals surface area contributed by atoms with Crippen molar-refractivity contribution in [1.82, 2.24) is 5.32 Å². The lowest BCUT2D eigenvalue weighted by Gasteiger charge is -2.35. The molecule has 138 valence electrons. The van der Waals surface area contributed by atoms with Gasteiger partial charge in [-0.25, -0.2) is 0 Å². The van der Waals surface area contributed by atoms with Gasteiger partial charge in [-0.3, -0.25) is 4.79 Å². The van der Waals surface area contributed by atoms with E-state index in [4.69, 9.17) is 16.3 Å². The molecule has 1 aliphatic heterocycles. The fraction of sp³-hybridized carbons (Fsp3) is 0.350. The van der Waals surface area contributed by atoms with Gasteiger partial charge in [-0.05, 0) is 43.4 Å². The Labute approximate surface area is 167 Å². The SMILES string of the molecule is CSC1=C(C#N)C2(CCCC2)C(C#N)=C(OCC(=O)c2ccc(Cl)cc2)N1. The topological polar surface area (TPSA) is 85.9 Å². The van der Waals surface area contributed by atoms with Crippen LogP contribution in [-0.4, -0.2) is 18.6 Å². The van der Waals surface area contributed by atoms with Crippen molar-refractivity contribution in [2.24, 2.45) is 5.41 Å². The Hall–Kier alpha value is -2.41. The van der Waals surface area contributed by atoms with Crippen LogP contribution in [0.2, 0.25) is 5.02 Å². The average molecular weight is 400 g/mol. The van der Waals surface area contributed by atoms with E-state index in [0.717, 1.165) is 25.7 Å². The van der Waals surface area contributed by atoms with Crippen molar-refractivity contribution in [2.45, 2.75) is 25.7 Å². The molecule has 1 aliphatic carbocycles. The number of carbonyl (C=O) groups excluding carboxylic acids is 1. The lowest BCUT2D eigenvalue weighted by Crippen LogP contribution is -2.35. The van der Waals surface area contributed by atoms with E-state index in [2.05, 4.69) is 17.5 Å². The predicted molar refractivity (Wildman–Crippen MR) is 105 cm³/mol. The number of carbonyl (C=O) groups is 1. The van der Waals surface area contributed by atoms with Crippen molar-refractivity contribution in [1.29, 1.82) is 10.5 Å². The summed E-state index contributed by atoms with van der Waals surface area (Å²) in [6.07, 6.45) is 5.26. The van der Waals surface area contributed by atoms with Crippen LogP contribution >= 0.6 is 23.4 Å². The molecular formula is C20H18ClN3O2S. The number of nitriles is 2. The third kappa shape index (κ3) is 3.56. The van der Waals surface area contributed by atoms with Gasteiger partial charge in [0, 0.05) is 16.0 Å². The lowest BCUT2D eigenvalue weighted by molar-refractivity contribution is 0.0841. The summed E-state index contributed by atoms with van der Waals surface area (Å²) in [5.74, 6) is 0.0737. The number of halogens is 1. The summed E-state index contributed by atoms with van der Waals surface area (Å²) in [5, 5.41) is 23.8. The molecule has 0 aromatic heterocycles. The van der Waals surface area contributed by atoms with Crippen LogP contribution in [0.25, 0.3) is 0 Å². The first-order valence-electron chi connectivity index (χ1n) is 8.58. The van der Waals surface area contributed by atoms with Gasteiger partial charge >= 0.3 is 0 Å². The standard InChI is InChI=1S/C20H18ClN3O2S/c1-27-19-16(11-23)20(8-2-3-9-20)15(10-22)18(24-19)26-12-17(25)13-4-6-14(21)7-5-13/h4-7,24H,2-3,8-9,12H2,1H3. The van der Waals surface area contributed by atoms with E-state index in [1.54, 1.807) is 24.3 Å². The zero-order valence-corrected chi connectivity index (χ0v) is 16.4. The van der Waals surface area contributed by atoms with E-state index in [-0.39, 0.29) is 18.3 Å². The molecule has 0 unspecified atom stereocenters. The second kappa shape index (κ2) is 8.08. The average Bonchev–Trinajstić information content (AvgIpc) is 3.15. The minimum absolute atomic E-state index is 0.200. The molecule has 0 radical (unpaired) electrons. The highest BCUT2D eigenvalue weighted by atomic mass is 35.5. The molecule has 1 heterocycles. The molecular weight excluding hydrogens is 382 g/mol. The highest BCUT2D eigenvalue weighted by Crippen LogP contribution is 2.53. The van der Waals surface area contributed by atoms with Crippen LogP contribution in [0.1, 0.15) is 36.0 Å². The van der Waals surface area contributed by atoms with E-state index < -0.39 is 5.41 Å². The Morgan fingerprint density at radius 3 is 2.41 bits per heavy atom. The molecule has 5 nitrogen and oxygen atoms in total. The first-order chi connectivity index (χ1) is 13.1. The van der Waals surface area contributed by atoms with Crippen molar-refractivity contribution in [2.75, 3.05) is 12.9 Å². The van der Waals surface area contributed by atoms with Crippen LogP contribution in [0.4, 0.5) is 0 Å². The molecule has 1 N–H and O–H groups in total. The molecule has 3 rings (SSSR count). The van der Waals surface area contributed by atoms with Crippen LogP contribution in [0.15, 0.2) is 46.3 Å². The first-order valence-corrected chi connectivity index (χ1v) is 10.2. The molecule has 7 heteroatoms. The van der Waals surface area contributed by atoms with E-state index in [1.165, 1.54) is 11.8 Å². The lowest BCUT2D eigenvalue weighted by atomic mass is 9.72. The number of thioether (sulfide) groups is 1. The fourth-order valence-corrected chi connectivity index (χ4v) is 4.47. The van der Waals surface area contributed by atoms with Crippen molar-refractivity contribution < 1.29 is 9.53 Å². The number of benzene rings is 1. The summed E-state index contributed by atoms with van der Waals surface area (Å²) in [4.78, 5) is 12.4. The van der Waals surface area contributed by atoms with E-state index in [0.29, 0.717) is 26.8 Å². The molecule has 2 aliphatic rings. The highest BCUT2D eigenvalue weighted by molar-refractivity contribution is 8.02. The molecule has 1 spiro atoms. The van der Waals surface area contributed by atoms with Gasteiger partial charge in [0.15, 0.2) is 12.4 Å². The molecule has 1 aromatic rings. The van der Waals surface area contributed by atoms with Crippen LogP contribution in [0, 0.1) is 28.1 Å². The molecule has 1 fully saturated rings. The Bertz CT molecular complexity index is 901. The maximum atomic E-state index is 12.4. The van der Waals surface area contributed by atoms with Gasteiger partial charge in [0.25, 0.3) is 0 Å². The Morgan fingerprint density at radius 1 is 1.22 bits per heavy atom. The quantitative estimate of drug-likeness (QED) is 0.731. The Kier molecular flexibility index (Phi) is 5.79. The number of allylic oxidation sites excluding steroid dienone is 2. The van der Waals surface area contributed by atoms with Crippen LogP contribution in [-0.2, 0) is 4.74 Å². The van der Waals surface area contributed by atoms with Gasteiger partial charge in [0.1, 0.15) is 11.6 Å². The van der Waals surface area contributed by atoms with Crippen molar-refractivity contribution in [3.63, 3.8) is 0 Å². The number of ketones is 1. The summed E-state index contributed by atoms with van der Waals surface area (Å²) in [5.41, 5.74) is 0.896. The van der Waals surface area contributed by atoms with Gasteiger partial charge in [-0.2, -0.15) is 10.5 Å². The molecule has 0 saturated heterocycles. The second-order valence-electron chi connectivity index (χ2n) is 6.47. The number of hydrogen-bond donors (Lipinski definition) is 1. The molecule has 1 aromatic carbocycles. The largest absolute Gasteiger partial charge is 0.470 e. The summed E-state index contributed by atoms with van der Waals surface area (Å²) < 4.78 is 5.75. The minimum Gasteiger partial charge on any atom is -0.470 e. The summed E-state index contributed by atoms with van der Waals surface area (Å²) in [6, 6.07) is 11.1. The maximum Gasteiger partial charge on any atom is 0.207 e. The molecule has 1 saturated carbocycles. The van der Waals surface area contributed by atoms with Crippen LogP contribution in [0.5, 0.6) is 0 Å². The molecule has 0 amide bonds. The molecule has 27 heavy (non-hydrogen) atoms. The van der Waals surface area contributed by atoms with E-state index in [9.17, 15) is 15.3 Å². The van der Waals surface area contributed by atoms with Gasteiger partial charge in [-0.15, -0.1) is 11.8 Å². The van der Waals surface area contributed by atoms with Gasteiger partial charge in [-0.1, -0.05) is 24.4 Å². The fourth-order valence-electron chi connectivity index (χ4n) is 3.70. The smallest absolute Gasteiger partial charge is 0.207 e. The van der Waals surface area contributed by atoms with E-state index >= 15 is 0 Å². The van der Waals surface area contributed by atoms with Crippen molar-refractivity contribution >= 4 is 29.1 Å². The minimum atomic E-state index is -0.605. The maximum absolute atomic E-state index is 12.4. The number of dihydropyridines is 1. The number of nitrogens with zero attached hydrogens (tertiary/aromatic N) is 2. The van der Waals surface area contributed by atoms with Gasteiger partial charge < -0.3 is 10.1 Å². The van der Waals surface area contributed by atoms with Crippen molar-refractivity contribution in [3.8, 4) is 12.1 Å². The Balaban J connectivity index is 1.88. The van der Waals surface area contributed by atoms with Gasteiger partial charge in [0.05, 0.1) is 16.7 Å². The van der Waals surface area contributed by atoms with Crippen molar-refractivity contribution in [3.05, 3.63) is 56.9 Å². The van der Waals surface area contributed by atoms with Crippen LogP contribution in [0.3, 0.4) is 0 Å². The summed E-state index contributed by atoms with van der Waals surface area (Å²) in [6.45, 7) is -0.200.